The fourth-order valence-electron chi connectivity index (χ4n) is 1.79. The van der Waals surface area contributed by atoms with Crippen molar-refractivity contribution in [2.24, 2.45) is 0 Å². The molecule has 1 fully saturated rings. The Morgan fingerprint density at radius 3 is 2.38 bits per heavy atom. The predicted octanol–water partition coefficient (Wildman–Crippen LogP) is 1.36. The van der Waals surface area contributed by atoms with Crippen molar-refractivity contribution in [2.75, 3.05) is 33.9 Å². The van der Waals surface area contributed by atoms with E-state index in [0.717, 1.165) is 36.8 Å². The highest BCUT2D eigenvalue weighted by Gasteiger charge is 2.17. The normalized spacial score (nSPS) is 20.5. The van der Waals surface area contributed by atoms with Gasteiger partial charge in [-0.25, -0.2) is 0 Å². The second-order valence-corrected chi connectivity index (χ2v) is 3.71. The SMILES string of the molecule is COc1cc(OC)cc([C@H]2CNCCO2)c1. The van der Waals surface area contributed by atoms with E-state index in [9.17, 15) is 0 Å². The number of nitrogens with one attached hydrogen (secondary N) is 1. The molecule has 1 atom stereocenters. The van der Waals surface area contributed by atoms with E-state index >= 15 is 0 Å². The maximum absolute atomic E-state index is 5.69. The first-order chi connectivity index (χ1) is 7.83. The van der Waals surface area contributed by atoms with E-state index in [2.05, 4.69) is 5.32 Å². The summed E-state index contributed by atoms with van der Waals surface area (Å²) in [6, 6.07) is 5.83. The zero-order valence-corrected chi connectivity index (χ0v) is 9.66. The molecule has 0 unspecified atom stereocenters. The number of rotatable bonds is 3. The lowest BCUT2D eigenvalue weighted by atomic mass is 10.1. The third-order valence-electron chi connectivity index (χ3n) is 2.67. The van der Waals surface area contributed by atoms with Crippen LogP contribution < -0.4 is 14.8 Å². The molecule has 0 amide bonds. The molecule has 2 rings (SSSR count). The molecule has 4 heteroatoms. The van der Waals surface area contributed by atoms with Gasteiger partial charge >= 0.3 is 0 Å². The molecule has 0 aromatic heterocycles. The van der Waals surface area contributed by atoms with Gasteiger partial charge in [0.25, 0.3) is 0 Å². The van der Waals surface area contributed by atoms with E-state index < -0.39 is 0 Å². The second kappa shape index (κ2) is 5.18. The average Bonchev–Trinajstić information content (AvgIpc) is 2.39. The fraction of sp³-hybridized carbons (Fsp3) is 0.500. The second-order valence-electron chi connectivity index (χ2n) is 3.71. The standard InChI is InChI=1S/C12H17NO3/c1-14-10-5-9(6-11(7-10)15-2)12-8-13-3-4-16-12/h5-7,12-13H,3-4,8H2,1-2H3/t12-/m1/s1. The summed E-state index contributed by atoms with van der Waals surface area (Å²) in [6.45, 7) is 2.48. The molecule has 88 valence electrons. The summed E-state index contributed by atoms with van der Waals surface area (Å²) >= 11 is 0. The van der Waals surface area contributed by atoms with Crippen LogP contribution >= 0.6 is 0 Å². The number of hydrogen-bond acceptors (Lipinski definition) is 4. The number of morpholine rings is 1. The third-order valence-corrected chi connectivity index (χ3v) is 2.67. The van der Waals surface area contributed by atoms with Crippen molar-refractivity contribution in [1.82, 2.24) is 5.32 Å². The van der Waals surface area contributed by atoms with E-state index in [0.29, 0.717) is 0 Å². The van der Waals surface area contributed by atoms with E-state index in [-0.39, 0.29) is 6.10 Å². The molecule has 1 aromatic rings. The molecule has 4 nitrogen and oxygen atoms in total. The van der Waals surface area contributed by atoms with Gasteiger partial charge in [0.15, 0.2) is 0 Å². The topological polar surface area (TPSA) is 39.7 Å². The molecule has 16 heavy (non-hydrogen) atoms. The van der Waals surface area contributed by atoms with Gasteiger partial charge in [-0.1, -0.05) is 0 Å². The maximum atomic E-state index is 5.69. The molecular formula is C12H17NO3. The van der Waals surface area contributed by atoms with Crippen LogP contribution in [0, 0.1) is 0 Å². The van der Waals surface area contributed by atoms with Crippen LogP contribution in [-0.4, -0.2) is 33.9 Å². The van der Waals surface area contributed by atoms with Gasteiger partial charge in [-0.05, 0) is 17.7 Å². The molecule has 1 saturated heterocycles. The van der Waals surface area contributed by atoms with Crippen molar-refractivity contribution in [3.63, 3.8) is 0 Å². The number of benzene rings is 1. The summed E-state index contributed by atoms with van der Waals surface area (Å²) in [4.78, 5) is 0. The van der Waals surface area contributed by atoms with Crippen LogP contribution in [0.3, 0.4) is 0 Å². The summed E-state index contributed by atoms with van der Waals surface area (Å²) < 4.78 is 16.2. The Bertz CT molecular complexity index is 326. The van der Waals surface area contributed by atoms with Gasteiger partial charge in [0.2, 0.25) is 0 Å². The lowest BCUT2D eigenvalue weighted by Gasteiger charge is -2.24. The van der Waals surface area contributed by atoms with Gasteiger partial charge in [-0.2, -0.15) is 0 Å². The average molecular weight is 223 g/mol. The van der Waals surface area contributed by atoms with Crippen LogP contribution in [0.5, 0.6) is 11.5 Å². The molecule has 0 saturated carbocycles. The Morgan fingerprint density at radius 1 is 1.19 bits per heavy atom. The quantitative estimate of drug-likeness (QED) is 0.840. The molecule has 0 radical (unpaired) electrons. The van der Waals surface area contributed by atoms with Gasteiger partial charge < -0.3 is 19.5 Å². The summed E-state index contributed by atoms with van der Waals surface area (Å²) in [5.41, 5.74) is 1.09. The van der Waals surface area contributed by atoms with Crippen molar-refractivity contribution in [2.45, 2.75) is 6.10 Å². The van der Waals surface area contributed by atoms with Crippen molar-refractivity contribution in [3.8, 4) is 11.5 Å². The van der Waals surface area contributed by atoms with Crippen molar-refractivity contribution >= 4 is 0 Å². The van der Waals surface area contributed by atoms with Crippen LogP contribution in [0.4, 0.5) is 0 Å². The first kappa shape index (κ1) is 11.2. The van der Waals surface area contributed by atoms with E-state index in [1.54, 1.807) is 14.2 Å². The minimum absolute atomic E-state index is 0.0812. The lowest BCUT2D eigenvalue weighted by molar-refractivity contribution is 0.0274. The van der Waals surface area contributed by atoms with Crippen molar-refractivity contribution in [1.29, 1.82) is 0 Å². The highest BCUT2D eigenvalue weighted by molar-refractivity contribution is 5.39. The Balaban J connectivity index is 2.24. The smallest absolute Gasteiger partial charge is 0.122 e. The van der Waals surface area contributed by atoms with Crippen LogP contribution in [0.25, 0.3) is 0 Å². The molecule has 0 bridgehead atoms. The summed E-state index contributed by atoms with van der Waals surface area (Å²) in [7, 11) is 3.30. The van der Waals surface area contributed by atoms with E-state index in [1.165, 1.54) is 0 Å². The van der Waals surface area contributed by atoms with E-state index in [1.807, 2.05) is 18.2 Å². The predicted molar refractivity (Wildman–Crippen MR) is 61.1 cm³/mol. The van der Waals surface area contributed by atoms with Crippen LogP contribution in [0.2, 0.25) is 0 Å². The van der Waals surface area contributed by atoms with Crippen LogP contribution in [0.15, 0.2) is 18.2 Å². The van der Waals surface area contributed by atoms with Crippen molar-refractivity contribution < 1.29 is 14.2 Å². The van der Waals surface area contributed by atoms with Crippen LogP contribution in [-0.2, 0) is 4.74 Å². The third kappa shape index (κ3) is 2.46. The molecule has 1 aliphatic rings. The Morgan fingerprint density at radius 2 is 1.88 bits per heavy atom. The first-order valence-electron chi connectivity index (χ1n) is 5.39. The summed E-state index contributed by atoms with van der Waals surface area (Å²) in [6.07, 6.45) is 0.0812. The molecule has 0 spiro atoms. The Hall–Kier alpha value is -1.26. The monoisotopic (exact) mass is 223 g/mol. The zero-order chi connectivity index (χ0) is 11.4. The highest BCUT2D eigenvalue weighted by Crippen LogP contribution is 2.28. The molecular weight excluding hydrogens is 206 g/mol. The molecule has 0 aliphatic carbocycles. The Kier molecular flexibility index (Phi) is 3.64. The van der Waals surface area contributed by atoms with E-state index in [4.69, 9.17) is 14.2 Å². The minimum atomic E-state index is 0.0812. The maximum Gasteiger partial charge on any atom is 0.122 e. The summed E-state index contributed by atoms with van der Waals surface area (Å²) in [5.74, 6) is 1.59. The largest absolute Gasteiger partial charge is 0.497 e. The van der Waals surface area contributed by atoms with Gasteiger partial charge in [-0.3, -0.25) is 0 Å². The van der Waals surface area contributed by atoms with Crippen molar-refractivity contribution in [3.05, 3.63) is 23.8 Å². The molecule has 1 N–H and O–H groups in total. The van der Waals surface area contributed by atoms with Gasteiger partial charge in [0.05, 0.1) is 26.9 Å². The number of methoxy groups -OCH3 is 2. The first-order valence-corrected chi connectivity index (χ1v) is 5.39. The molecule has 1 aliphatic heterocycles. The Labute approximate surface area is 95.5 Å². The molecule has 1 aromatic carbocycles. The fourth-order valence-corrected chi connectivity index (χ4v) is 1.79. The lowest BCUT2D eigenvalue weighted by Crippen LogP contribution is -2.33. The summed E-state index contributed by atoms with van der Waals surface area (Å²) in [5, 5.41) is 3.30. The van der Waals surface area contributed by atoms with Gasteiger partial charge in [0, 0.05) is 19.2 Å². The zero-order valence-electron chi connectivity index (χ0n) is 9.66. The minimum Gasteiger partial charge on any atom is -0.497 e. The molecule has 1 heterocycles. The number of hydrogen-bond donors (Lipinski definition) is 1. The van der Waals surface area contributed by atoms with Gasteiger partial charge in [0.1, 0.15) is 11.5 Å². The number of ether oxygens (including phenoxy) is 3. The highest BCUT2D eigenvalue weighted by atomic mass is 16.5. The van der Waals surface area contributed by atoms with Crippen LogP contribution in [0.1, 0.15) is 11.7 Å². The van der Waals surface area contributed by atoms with Gasteiger partial charge in [-0.15, -0.1) is 0 Å².